The number of esters is 2. The van der Waals surface area contributed by atoms with Gasteiger partial charge in [0.1, 0.15) is 5.75 Å². The summed E-state index contributed by atoms with van der Waals surface area (Å²) in [6.45, 7) is -2.50. The number of para-hydroxylation sites is 1. The third-order valence-electron chi connectivity index (χ3n) is 18.1. The van der Waals surface area contributed by atoms with Crippen LogP contribution >= 0.6 is 0 Å². The van der Waals surface area contributed by atoms with Gasteiger partial charge in [0, 0.05) is 0 Å². The molecule has 12 rings (SSSR count). The summed E-state index contributed by atoms with van der Waals surface area (Å²) < 4.78 is 17.2. The number of fused-ring (bicyclic) bond motifs is 10. The van der Waals surface area contributed by atoms with Gasteiger partial charge in [-0.1, -0.05) is 18.2 Å². The van der Waals surface area contributed by atoms with Gasteiger partial charge < -0.3 is 4.74 Å². The maximum absolute atomic E-state index is 13.6. The molecule has 34 heavy (non-hydrogen) atoms. The third kappa shape index (κ3) is 0.386. The zero-order chi connectivity index (χ0) is 22.2. The summed E-state index contributed by atoms with van der Waals surface area (Å²) in [5, 5.41) is 0. The first-order valence-corrected chi connectivity index (χ1v) is 19.1. The Morgan fingerprint density at radius 1 is 0.735 bits per heavy atom. The second kappa shape index (κ2) is 2.38. The molecule has 176 valence electrons. The Hall–Kier alpha value is -2.30. The second-order valence-electron chi connectivity index (χ2n) is 14.6. The first kappa shape index (κ1) is 16.4. The van der Waals surface area contributed by atoms with Crippen LogP contribution in [0, 0.1) is 0 Å². The average Bonchev–Trinajstić information content (AvgIpc) is 3.80. The van der Waals surface area contributed by atoms with Crippen molar-refractivity contribution in [2.75, 3.05) is 13.2 Å². The van der Waals surface area contributed by atoms with Crippen molar-refractivity contribution in [2.24, 2.45) is 0 Å². The van der Waals surface area contributed by atoms with E-state index in [2.05, 4.69) is 0 Å². The van der Waals surface area contributed by atoms with E-state index in [-0.39, 0.29) is 16.3 Å². The molecule has 5 nitrogen and oxygen atoms in total. The maximum atomic E-state index is 13.6. The van der Waals surface area contributed by atoms with Crippen LogP contribution in [0.3, 0.4) is 0 Å². The predicted octanol–water partition coefficient (Wildman–Crippen LogP) is 6.37. The van der Waals surface area contributed by atoms with E-state index < -0.39 is 6.51 Å². The van der Waals surface area contributed by atoms with Gasteiger partial charge in [0.15, 0.2) is 0 Å². The molecule has 2 aromatic rings. The summed E-state index contributed by atoms with van der Waals surface area (Å²) in [5.41, 5.74) is 0.499. The predicted molar refractivity (Wildman–Crippen MR) is 120 cm³/mol. The minimum absolute atomic E-state index is 0.112. The van der Waals surface area contributed by atoms with Gasteiger partial charge in [-0.05, 0) is 12.1 Å². The molecule has 0 amide bonds. The van der Waals surface area contributed by atoms with Crippen molar-refractivity contribution >= 4 is 11.9 Å². The van der Waals surface area contributed by atoms with Crippen molar-refractivity contribution in [1.29, 1.82) is 0 Å². The standard InChI is InChI=1S/C23H21O5.C5H5.Fe/c24-22(27-17-7-6-16-26-20-10-2-1-3-11-20)19-12-14-21(15-13-19)28-23(25)18-8-4-5-9-18;1-2-4-5-3-1;/h1-5,8-15H,6-7,16-17H2;1-5H;. The number of carbonyl (C=O) groups excluding carboxylic acids is 2. The molecular formula is C28H26FeO5. The molecule has 2 aromatic carbocycles. The van der Waals surface area contributed by atoms with E-state index in [9.17, 15) is 9.59 Å². The van der Waals surface area contributed by atoms with Crippen LogP contribution in [-0.4, -0.2) is 25.2 Å². The molecule has 0 aromatic heterocycles. The van der Waals surface area contributed by atoms with Gasteiger partial charge in [-0.2, -0.15) is 0 Å². The van der Waals surface area contributed by atoms with E-state index >= 15 is 0 Å². The number of carbonyl (C=O) groups is 2. The second-order valence-corrected chi connectivity index (χ2v) is 38.2. The van der Waals surface area contributed by atoms with Crippen molar-refractivity contribution in [3.8, 4) is 11.5 Å². The van der Waals surface area contributed by atoms with Crippen LogP contribution in [0.25, 0.3) is 0 Å². The molecule has 10 aliphatic heterocycles. The van der Waals surface area contributed by atoms with E-state index in [0.717, 1.165) is 61.9 Å². The Bertz CT molecular complexity index is 1670. The number of hydrogen-bond donors (Lipinski definition) is 0. The Morgan fingerprint density at radius 3 is 1.91 bits per heavy atom. The summed E-state index contributed by atoms with van der Waals surface area (Å²) in [5.74, 6) is 1.27. The van der Waals surface area contributed by atoms with Crippen molar-refractivity contribution in [1.82, 2.24) is 0 Å². The molecule has 0 radical (unpaired) electrons. The van der Waals surface area contributed by atoms with Crippen molar-refractivity contribution < 1.29 is 30.3 Å². The number of ether oxygens (including phenoxy) is 3. The van der Waals surface area contributed by atoms with E-state index in [0.29, 0.717) is 24.5 Å². The molecule has 4 atom stereocenters. The summed E-state index contributed by atoms with van der Waals surface area (Å²) in [4.78, 5) is 35.6. The normalized spacial score (nSPS) is 64.8. The molecule has 6 heteroatoms. The summed E-state index contributed by atoms with van der Waals surface area (Å²) in [7, 11) is 0. The van der Waals surface area contributed by atoms with Gasteiger partial charge in [-0.25, -0.2) is 0 Å². The van der Waals surface area contributed by atoms with Gasteiger partial charge >= 0.3 is 140 Å². The third-order valence-corrected chi connectivity index (χ3v) is 60.3. The monoisotopic (exact) mass is 498 g/mol. The minimum atomic E-state index is -3.47. The van der Waals surface area contributed by atoms with Gasteiger partial charge in [0.05, 0.1) is 6.61 Å². The summed E-state index contributed by atoms with van der Waals surface area (Å²) in [6, 6.07) is 16.7. The topological polar surface area (TPSA) is 61.8 Å². The van der Waals surface area contributed by atoms with Crippen molar-refractivity contribution in [3.05, 3.63) is 60.2 Å². The molecular weight excluding hydrogens is 472 g/mol. The molecule has 10 saturated heterocycles. The number of benzene rings is 2. The van der Waals surface area contributed by atoms with Crippen LogP contribution < -0.4 is 9.47 Å². The average molecular weight is 498 g/mol. The van der Waals surface area contributed by atoms with E-state index in [1.807, 2.05) is 30.3 Å². The van der Waals surface area contributed by atoms with Crippen LogP contribution in [-0.2, 0) is 16.0 Å². The zero-order valence-electron chi connectivity index (χ0n) is 18.6. The molecule has 4 unspecified atom stereocenters. The fourth-order valence-electron chi connectivity index (χ4n) is 18.7. The van der Waals surface area contributed by atoms with Gasteiger partial charge in [-0.3, -0.25) is 0 Å². The Morgan fingerprint density at radius 2 is 1.35 bits per heavy atom. The van der Waals surface area contributed by atoms with Gasteiger partial charge in [0.25, 0.3) is 0 Å². The fraction of sp³-hybridized carbons (Fsp3) is 0.500. The fourth-order valence-corrected chi connectivity index (χ4v) is 92.3. The van der Waals surface area contributed by atoms with Crippen molar-refractivity contribution in [2.45, 2.75) is 60.5 Å². The molecule has 1 spiro atoms. The number of rotatable bonds is 9. The Kier molecular flexibility index (Phi) is 1.15. The van der Waals surface area contributed by atoms with Gasteiger partial charge in [-0.15, -0.1) is 0 Å². The molecule has 10 fully saturated rings. The molecule has 10 aliphatic rings. The quantitative estimate of drug-likeness (QED) is 0.174. The molecule has 0 saturated carbocycles. The molecule has 0 N–H and O–H groups in total. The van der Waals surface area contributed by atoms with Crippen LogP contribution in [0.2, 0.25) is 47.7 Å². The first-order valence-electron chi connectivity index (χ1n) is 12.8. The Labute approximate surface area is 187 Å². The van der Waals surface area contributed by atoms with Gasteiger partial charge in [0.2, 0.25) is 0 Å². The van der Waals surface area contributed by atoms with E-state index in [1.54, 1.807) is 24.3 Å². The van der Waals surface area contributed by atoms with E-state index in [4.69, 9.17) is 14.2 Å². The first-order chi connectivity index (χ1) is 16.4. The van der Waals surface area contributed by atoms with Crippen LogP contribution in [0.15, 0.2) is 54.6 Å². The zero-order valence-corrected chi connectivity index (χ0v) is 19.7. The number of hydrogen-bond acceptors (Lipinski definition) is 5. The van der Waals surface area contributed by atoms with Crippen LogP contribution in [0.4, 0.5) is 0 Å². The van der Waals surface area contributed by atoms with Crippen molar-refractivity contribution in [3.63, 3.8) is 0 Å². The molecule has 10 heterocycles. The van der Waals surface area contributed by atoms with Crippen LogP contribution in [0.5, 0.6) is 11.5 Å². The Balaban J connectivity index is 0.708. The number of unbranched alkanes of at least 4 members (excludes halogenated alkanes) is 1. The van der Waals surface area contributed by atoms with E-state index in [1.165, 1.54) is 0 Å². The SMILES string of the molecule is O=C(OCCCCOc1ccccc1)c1ccc(OC(=O)[C]23[CH]4[CH]5[CH]6[CH]2[Fe]56432789[CH]3[CH]2[CH]7[CH]8[CH]39)cc1. The summed E-state index contributed by atoms with van der Waals surface area (Å²) in [6.07, 6.45) is 1.57. The van der Waals surface area contributed by atoms with Crippen LogP contribution in [0.1, 0.15) is 23.2 Å². The molecule has 0 aliphatic carbocycles. The molecule has 0 bridgehead atoms. The summed E-state index contributed by atoms with van der Waals surface area (Å²) >= 11 is 0.